The second-order valence-electron chi connectivity index (χ2n) is 12.1. The van der Waals surface area contributed by atoms with Crippen LogP contribution in [0.2, 0.25) is 0 Å². The molecule has 2 saturated heterocycles. The molecule has 0 aromatic carbocycles. The smallest absolute Gasteiger partial charge is 0.228 e. The summed E-state index contributed by atoms with van der Waals surface area (Å²) < 4.78 is 22.0. The lowest BCUT2D eigenvalue weighted by Crippen LogP contribution is -2.48. The van der Waals surface area contributed by atoms with E-state index in [-0.39, 0.29) is 0 Å². The van der Waals surface area contributed by atoms with Crippen molar-refractivity contribution >= 4 is 68.0 Å². The SMILES string of the molecule is COCCN(CCOC)c1nc(N2CCN(c3nccs3)CC2)c2nc(N(CCOC)CCOC)nc(N3CCN(C4=NCCS4)CC3)c2n1. The summed E-state index contributed by atoms with van der Waals surface area (Å²) in [6, 6.07) is 0. The maximum absolute atomic E-state index is 5.50. The normalized spacial score (nSPS) is 16.8. The molecule has 274 valence electrons. The second kappa shape index (κ2) is 18.3. The Balaban J connectivity index is 1.45. The fourth-order valence-electron chi connectivity index (χ4n) is 6.22. The van der Waals surface area contributed by atoms with Gasteiger partial charge >= 0.3 is 0 Å². The first-order valence-corrected chi connectivity index (χ1v) is 19.1. The number of aromatic nitrogens is 5. The first kappa shape index (κ1) is 36.5. The van der Waals surface area contributed by atoms with Crippen LogP contribution in [-0.2, 0) is 18.9 Å². The van der Waals surface area contributed by atoms with Crippen LogP contribution in [0.15, 0.2) is 16.6 Å². The number of piperazine rings is 2. The summed E-state index contributed by atoms with van der Waals surface area (Å²) in [5, 5.41) is 4.22. The summed E-state index contributed by atoms with van der Waals surface area (Å²) in [5.74, 6) is 3.91. The first-order chi connectivity index (χ1) is 24.6. The molecule has 0 bridgehead atoms. The summed E-state index contributed by atoms with van der Waals surface area (Å²) in [7, 11) is 6.85. The molecule has 0 aliphatic carbocycles. The Bertz CT molecular complexity index is 1500. The van der Waals surface area contributed by atoms with Gasteiger partial charge in [0.15, 0.2) is 21.9 Å². The van der Waals surface area contributed by atoms with Gasteiger partial charge in [-0.25, -0.2) is 15.0 Å². The molecule has 0 amide bonds. The topological polar surface area (TPSA) is 133 Å². The van der Waals surface area contributed by atoms with Crippen molar-refractivity contribution in [2.75, 3.05) is 170 Å². The fourth-order valence-corrected chi connectivity index (χ4v) is 7.83. The Morgan fingerprint density at radius 2 is 1.08 bits per heavy atom. The summed E-state index contributed by atoms with van der Waals surface area (Å²) in [6.45, 7) is 12.0. The number of fused-ring (bicyclic) bond motifs is 1. The van der Waals surface area contributed by atoms with E-state index < -0.39 is 0 Å². The minimum atomic E-state index is 0.535. The van der Waals surface area contributed by atoms with Crippen LogP contribution in [0.3, 0.4) is 0 Å². The van der Waals surface area contributed by atoms with Crippen molar-refractivity contribution in [2.45, 2.75) is 0 Å². The fraction of sp³-hybridized carbons (Fsp3) is 0.688. The highest BCUT2D eigenvalue weighted by molar-refractivity contribution is 8.14. The molecule has 0 spiro atoms. The van der Waals surface area contributed by atoms with Gasteiger partial charge in [0.1, 0.15) is 11.0 Å². The average Bonchev–Trinajstić information content (AvgIpc) is 3.91. The van der Waals surface area contributed by atoms with Crippen LogP contribution in [0.1, 0.15) is 0 Å². The number of amidine groups is 1. The Morgan fingerprint density at radius 1 is 0.620 bits per heavy atom. The van der Waals surface area contributed by atoms with Crippen molar-refractivity contribution in [3.8, 4) is 0 Å². The number of nitrogens with zero attached hydrogens (tertiary/aromatic N) is 12. The lowest BCUT2D eigenvalue weighted by atomic mass is 10.2. The molecule has 3 aromatic rings. The Morgan fingerprint density at radius 3 is 1.48 bits per heavy atom. The van der Waals surface area contributed by atoms with Crippen LogP contribution in [0, 0.1) is 0 Å². The van der Waals surface area contributed by atoms with Gasteiger partial charge in [-0.05, 0) is 0 Å². The third-order valence-electron chi connectivity index (χ3n) is 9.00. The van der Waals surface area contributed by atoms with E-state index in [9.17, 15) is 0 Å². The molecule has 50 heavy (non-hydrogen) atoms. The molecule has 0 N–H and O–H groups in total. The molecule has 0 radical (unpaired) electrons. The molecule has 3 aliphatic rings. The molecule has 3 aromatic heterocycles. The highest BCUT2D eigenvalue weighted by atomic mass is 32.2. The lowest BCUT2D eigenvalue weighted by Gasteiger charge is -2.38. The Labute approximate surface area is 302 Å². The van der Waals surface area contributed by atoms with Crippen molar-refractivity contribution < 1.29 is 18.9 Å². The van der Waals surface area contributed by atoms with Crippen LogP contribution >= 0.6 is 23.1 Å². The van der Waals surface area contributed by atoms with E-state index in [1.54, 1.807) is 39.8 Å². The third kappa shape index (κ3) is 8.77. The third-order valence-corrected chi connectivity index (χ3v) is 10.9. The zero-order valence-electron chi connectivity index (χ0n) is 29.7. The van der Waals surface area contributed by atoms with Gasteiger partial charge in [-0.2, -0.15) is 9.97 Å². The van der Waals surface area contributed by atoms with Crippen LogP contribution in [-0.4, -0.2) is 181 Å². The highest BCUT2D eigenvalue weighted by Crippen LogP contribution is 2.34. The summed E-state index contributed by atoms with van der Waals surface area (Å²) in [6.07, 6.45) is 1.87. The van der Waals surface area contributed by atoms with Crippen LogP contribution in [0.5, 0.6) is 0 Å². The van der Waals surface area contributed by atoms with Gasteiger partial charge in [-0.3, -0.25) is 4.99 Å². The van der Waals surface area contributed by atoms with Crippen molar-refractivity contribution in [2.24, 2.45) is 4.99 Å². The second-order valence-corrected chi connectivity index (χ2v) is 14.0. The van der Waals surface area contributed by atoms with Gasteiger partial charge in [0.2, 0.25) is 11.9 Å². The standard InChI is InChI=1S/C32H50N12O4S2/c1-45-19-15-41(16-20-46-2)29-35-25-26(27(37-29)39-7-11-43(12-8-39)31-33-5-23-49-31)36-30(42(17-21-47-3)18-22-48-4)38-28(25)40-9-13-44(14-10-40)32-34-6-24-50-32/h5,23H,6-22,24H2,1-4H3. The zero-order chi connectivity index (χ0) is 34.7. The van der Waals surface area contributed by atoms with E-state index in [1.807, 2.05) is 23.3 Å². The number of anilines is 5. The highest BCUT2D eigenvalue weighted by Gasteiger charge is 2.30. The number of thioether (sulfide) groups is 1. The summed E-state index contributed by atoms with van der Waals surface area (Å²) >= 11 is 3.52. The van der Waals surface area contributed by atoms with Crippen molar-refractivity contribution in [3.05, 3.63) is 11.6 Å². The minimum Gasteiger partial charge on any atom is -0.383 e. The van der Waals surface area contributed by atoms with Crippen molar-refractivity contribution in [1.29, 1.82) is 0 Å². The van der Waals surface area contributed by atoms with Gasteiger partial charge in [-0.15, -0.1) is 11.3 Å². The summed E-state index contributed by atoms with van der Waals surface area (Å²) in [5.41, 5.74) is 1.49. The number of rotatable bonds is 17. The monoisotopic (exact) mass is 730 g/mol. The van der Waals surface area contributed by atoms with E-state index in [4.69, 9.17) is 43.9 Å². The molecule has 0 atom stereocenters. The maximum Gasteiger partial charge on any atom is 0.228 e. The largest absolute Gasteiger partial charge is 0.383 e. The number of ether oxygens (including phenoxy) is 4. The van der Waals surface area contributed by atoms with Gasteiger partial charge in [-0.1, -0.05) is 11.8 Å². The van der Waals surface area contributed by atoms with E-state index in [0.29, 0.717) is 64.5 Å². The first-order valence-electron chi connectivity index (χ1n) is 17.3. The van der Waals surface area contributed by atoms with Crippen LogP contribution < -0.4 is 24.5 Å². The molecule has 16 nitrogen and oxygen atoms in total. The molecule has 0 unspecified atom stereocenters. The molecular formula is C32H50N12O4S2. The molecule has 3 aliphatic heterocycles. The molecule has 0 saturated carbocycles. The predicted molar refractivity (Wildman–Crippen MR) is 202 cm³/mol. The van der Waals surface area contributed by atoms with Gasteiger partial charge in [0, 0.05) is 124 Å². The maximum atomic E-state index is 5.50. The number of hydrogen-bond acceptors (Lipinski definition) is 18. The quantitative estimate of drug-likeness (QED) is 0.199. The molecular weight excluding hydrogens is 681 g/mol. The molecule has 18 heteroatoms. The van der Waals surface area contributed by atoms with Crippen molar-refractivity contribution in [1.82, 2.24) is 29.8 Å². The number of aliphatic imine (C=N–C) groups is 1. The van der Waals surface area contributed by atoms with Crippen molar-refractivity contribution in [3.63, 3.8) is 0 Å². The Hall–Kier alpha value is -3.29. The number of methoxy groups -OCH3 is 4. The number of hydrogen-bond donors (Lipinski definition) is 0. The Kier molecular flexibility index (Phi) is 13.3. The molecule has 2 fully saturated rings. The van der Waals surface area contributed by atoms with E-state index in [2.05, 4.69) is 34.4 Å². The van der Waals surface area contributed by atoms with Crippen LogP contribution in [0.4, 0.5) is 28.7 Å². The van der Waals surface area contributed by atoms with E-state index in [0.717, 1.165) is 97.6 Å². The van der Waals surface area contributed by atoms with E-state index >= 15 is 0 Å². The van der Waals surface area contributed by atoms with Gasteiger partial charge < -0.3 is 48.3 Å². The lowest BCUT2D eigenvalue weighted by molar-refractivity contribution is 0.189. The van der Waals surface area contributed by atoms with Gasteiger partial charge in [0.25, 0.3) is 0 Å². The molecule has 6 heterocycles. The van der Waals surface area contributed by atoms with Crippen LogP contribution in [0.25, 0.3) is 11.0 Å². The average molecular weight is 731 g/mol. The predicted octanol–water partition coefficient (Wildman–Crippen LogP) is 1.63. The zero-order valence-corrected chi connectivity index (χ0v) is 31.3. The molecule has 6 rings (SSSR count). The minimum absolute atomic E-state index is 0.535. The summed E-state index contributed by atoms with van der Waals surface area (Å²) in [4.78, 5) is 44.1. The number of thiazole rings is 1. The van der Waals surface area contributed by atoms with Gasteiger partial charge in [0.05, 0.1) is 33.0 Å². The van der Waals surface area contributed by atoms with E-state index in [1.165, 1.54) is 0 Å².